The second-order valence-corrected chi connectivity index (χ2v) is 3.89. The third-order valence-electron chi connectivity index (χ3n) is 2.11. The second kappa shape index (κ2) is 7.30. The van der Waals surface area contributed by atoms with Crippen molar-refractivity contribution in [2.45, 2.75) is 39.3 Å². The van der Waals surface area contributed by atoms with Crippen LogP contribution in [0.3, 0.4) is 0 Å². The van der Waals surface area contributed by atoms with Crippen molar-refractivity contribution in [2.75, 3.05) is 20.3 Å². The number of hydrogen-bond donors (Lipinski definition) is 2. The molecule has 13 heavy (non-hydrogen) atoms. The Hall–Kier alpha value is -0.120. The third-order valence-corrected chi connectivity index (χ3v) is 2.11. The largest absolute Gasteiger partial charge is 0.392 e. The minimum atomic E-state index is -0.274. The summed E-state index contributed by atoms with van der Waals surface area (Å²) in [6.45, 7) is 7.58. The van der Waals surface area contributed by atoms with E-state index >= 15 is 0 Å². The maximum absolute atomic E-state index is 9.11. The molecule has 0 aromatic rings. The number of nitrogens with one attached hydrogen (secondary N) is 1. The Balaban J connectivity index is 3.67. The summed E-state index contributed by atoms with van der Waals surface area (Å²) in [6, 6.07) is 0.439. The van der Waals surface area contributed by atoms with E-state index in [2.05, 4.69) is 19.2 Å². The van der Waals surface area contributed by atoms with E-state index in [1.54, 1.807) is 14.0 Å². The van der Waals surface area contributed by atoms with Gasteiger partial charge in [0.25, 0.3) is 0 Å². The fourth-order valence-electron chi connectivity index (χ4n) is 1.24. The fourth-order valence-corrected chi connectivity index (χ4v) is 1.24. The first-order valence-corrected chi connectivity index (χ1v) is 4.98. The molecule has 0 aliphatic heterocycles. The van der Waals surface area contributed by atoms with Crippen LogP contribution in [0.15, 0.2) is 0 Å². The molecule has 0 aromatic heterocycles. The average molecular weight is 189 g/mol. The molecular formula is C10H23NO2. The molecule has 1 unspecified atom stereocenters. The highest BCUT2D eigenvalue weighted by Crippen LogP contribution is 2.05. The van der Waals surface area contributed by atoms with Gasteiger partial charge in [-0.3, -0.25) is 0 Å². The van der Waals surface area contributed by atoms with Gasteiger partial charge in [-0.25, -0.2) is 0 Å². The van der Waals surface area contributed by atoms with E-state index < -0.39 is 0 Å². The molecule has 0 rings (SSSR count). The van der Waals surface area contributed by atoms with E-state index in [4.69, 9.17) is 9.84 Å². The molecule has 0 spiro atoms. The number of aliphatic hydroxyl groups excluding tert-OH is 1. The SMILES string of the molecule is COCCC(NC[C@@H](C)O)C(C)C. The Morgan fingerprint density at radius 3 is 2.31 bits per heavy atom. The van der Waals surface area contributed by atoms with E-state index in [0.29, 0.717) is 18.5 Å². The lowest BCUT2D eigenvalue weighted by atomic mass is 10.0. The molecule has 2 N–H and O–H groups in total. The lowest BCUT2D eigenvalue weighted by Gasteiger charge is -2.22. The number of ether oxygens (including phenoxy) is 1. The van der Waals surface area contributed by atoms with Gasteiger partial charge in [-0.2, -0.15) is 0 Å². The van der Waals surface area contributed by atoms with Gasteiger partial charge in [0.1, 0.15) is 0 Å². The van der Waals surface area contributed by atoms with E-state index in [1.165, 1.54) is 0 Å². The molecule has 80 valence electrons. The minimum absolute atomic E-state index is 0.274. The Labute approximate surface area is 81.5 Å². The van der Waals surface area contributed by atoms with Gasteiger partial charge in [0.05, 0.1) is 6.10 Å². The molecule has 0 amide bonds. The van der Waals surface area contributed by atoms with E-state index in [1.807, 2.05) is 0 Å². The number of rotatable bonds is 7. The van der Waals surface area contributed by atoms with Gasteiger partial charge in [-0.05, 0) is 19.3 Å². The van der Waals surface area contributed by atoms with Gasteiger partial charge in [-0.1, -0.05) is 13.8 Å². The third kappa shape index (κ3) is 6.99. The summed E-state index contributed by atoms with van der Waals surface area (Å²) in [6.07, 6.45) is 0.727. The zero-order valence-electron chi connectivity index (χ0n) is 9.21. The molecular weight excluding hydrogens is 166 g/mol. The predicted molar refractivity (Wildman–Crippen MR) is 54.8 cm³/mol. The van der Waals surface area contributed by atoms with Gasteiger partial charge in [0.15, 0.2) is 0 Å². The van der Waals surface area contributed by atoms with Crippen LogP contribution in [0.4, 0.5) is 0 Å². The summed E-state index contributed by atoms with van der Waals surface area (Å²) < 4.78 is 5.03. The first-order valence-electron chi connectivity index (χ1n) is 4.98. The van der Waals surface area contributed by atoms with Crippen LogP contribution in [-0.2, 0) is 4.74 Å². The molecule has 0 heterocycles. The molecule has 0 fully saturated rings. The quantitative estimate of drug-likeness (QED) is 0.628. The Morgan fingerprint density at radius 2 is 1.92 bits per heavy atom. The highest BCUT2D eigenvalue weighted by atomic mass is 16.5. The molecule has 0 aliphatic rings. The van der Waals surface area contributed by atoms with Gasteiger partial charge >= 0.3 is 0 Å². The van der Waals surface area contributed by atoms with Crippen LogP contribution < -0.4 is 5.32 Å². The van der Waals surface area contributed by atoms with Crippen molar-refractivity contribution in [1.82, 2.24) is 5.32 Å². The molecule has 0 saturated carbocycles. The van der Waals surface area contributed by atoms with Crippen LogP contribution in [-0.4, -0.2) is 37.5 Å². The van der Waals surface area contributed by atoms with Crippen molar-refractivity contribution in [3.8, 4) is 0 Å². The van der Waals surface area contributed by atoms with Crippen LogP contribution in [0.1, 0.15) is 27.2 Å². The first-order chi connectivity index (χ1) is 6.07. The molecule has 3 nitrogen and oxygen atoms in total. The summed E-state index contributed by atoms with van der Waals surface area (Å²) in [4.78, 5) is 0. The lowest BCUT2D eigenvalue weighted by Crippen LogP contribution is -2.38. The van der Waals surface area contributed by atoms with Crippen molar-refractivity contribution in [3.05, 3.63) is 0 Å². The Kier molecular flexibility index (Phi) is 7.23. The van der Waals surface area contributed by atoms with E-state index in [0.717, 1.165) is 13.0 Å². The maximum atomic E-state index is 9.11. The molecule has 3 heteroatoms. The Morgan fingerprint density at radius 1 is 1.31 bits per heavy atom. The van der Waals surface area contributed by atoms with Gasteiger partial charge in [0.2, 0.25) is 0 Å². The van der Waals surface area contributed by atoms with Gasteiger partial charge in [-0.15, -0.1) is 0 Å². The number of methoxy groups -OCH3 is 1. The van der Waals surface area contributed by atoms with Gasteiger partial charge in [0, 0.05) is 26.3 Å². The topological polar surface area (TPSA) is 41.5 Å². The average Bonchev–Trinajstić information content (AvgIpc) is 2.03. The molecule has 2 atom stereocenters. The van der Waals surface area contributed by atoms with Gasteiger partial charge < -0.3 is 15.2 Å². The smallest absolute Gasteiger partial charge is 0.0636 e. The maximum Gasteiger partial charge on any atom is 0.0636 e. The van der Waals surface area contributed by atoms with Crippen LogP contribution in [0.2, 0.25) is 0 Å². The summed E-state index contributed by atoms with van der Waals surface area (Å²) in [5, 5.41) is 12.4. The highest BCUT2D eigenvalue weighted by Gasteiger charge is 2.12. The second-order valence-electron chi connectivity index (χ2n) is 3.89. The zero-order chi connectivity index (χ0) is 10.3. The highest BCUT2D eigenvalue weighted by molar-refractivity contribution is 4.71. The summed E-state index contributed by atoms with van der Waals surface area (Å²) in [5.41, 5.74) is 0. The lowest BCUT2D eigenvalue weighted by molar-refractivity contribution is 0.155. The minimum Gasteiger partial charge on any atom is -0.392 e. The fraction of sp³-hybridized carbons (Fsp3) is 1.00. The van der Waals surface area contributed by atoms with E-state index in [9.17, 15) is 0 Å². The van der Waals surface area contributed by atoms with Crippen LogP contribution in [0.5, 0.6) is 0 Å². The van der Waals surface area contributed by atoms with Crippen LogP contribution >= 0.6 is 0 Å². The number of aliphatic hydroxyl groups is 1. The number of hydrogen-bond acceptors (Lipinski definition) is 3. The first kappa shape index (κ1) is 12.9. The van der Waals surface area contributed by atoms with Crippen molar-refractivity contribution < 1.29 is 9.84 Å². The normalized spacial score (nSPS) is 16.2. The molecule has 0 radical (unpaired) electrons. The summed E-state index contributed by atoms with van der Waals surface area (Å²) in [7, 11) is 1.71. The molecule has 0 aromatic carbocycles. The molecule has 0 bridgehead atoms. The van der Waals surface area contributed by atoms with Crippen LogP contribution in [0.25, 0.3) is 0 Å². The van der Waals surface area contributed by atoms with Crippen molar-refractivity contribution >= 4 is 0 Å². The molecule has 0 saturated heterocycles. The van der Waals surface area contributed by atoms with Crippen molar-refractivity contribution in [3.63, 3.8) is 0 Å². The Bertz CT molecular complexity index is 115. The van der Waals surface area contributed by atoms with Crippen molar-refractivity contribution in [2.24, 2.45) is 5.92 Å². The van der Waals surface area contributed by atoms with E-state index in [-0.39, 0.29) is 6.10 Å². The summed E-state index contributed by atoms with van der Waals surface area (Å²) in [5.74, 6) is 0.578. The van der Waals surface area contributed by atoms with Crippen LogP contribution in [0, 0.1) is 5.92 Å². The predicted octanol–water partition coefficient (Wildman–Crippen LogP) is 1.02. The zero-order valence-corrected chi connectivity index (χ0v) is 9.21. The molecule has 0 aliphatic carbocycles. The monoisotopic (exact) mass is 189 g/mol. The summed E-state index contributed by atoms with van der Waals surface area (Å²) >= 11 is 0. The standard InChI is InChI=1S/C10H23NO2/c1-8(2)10(5-6-13-4)11-7-9(3)12/h8-12H,5-7H2,1-4H3/t9-,10?/m1/s1. The van der Waals surface area contributed by atoms with Crippen molar-refractivity contribution in [1.29, 1.82) is 0 Å².